The van der Waals surface area contributed by atoms with Gasteiger partial charge in [-0.05, 0) is 59.3 Å². The summed E-state index contributed by atoms with van der Waals surface area (Å²) in [5.74, 6) is 0.691. The highest BCUT2D eigenvalue weighted by Crippen LogP contribution is 2.21. The second kappa shape index (κ2) is 7.30. The molecule has 0 heterocycles. The molecule has 1 rings (SSSR count). The fourth-order valence-corrected chi connectivity index (χ4v) is 2.93. The van der Waals surface area contributed by atoms with E-state index in [1.165, 1.54) is 0 Å². The standard InChI is InChI=1S/C16H32N2O2/c1-11(2)10-12(3)17-13-8-7-9-14(13)18-15(19)20-16(4,5)6/h11-14,17H,7-10H2,1-6H3,(H,18,19). The van der Waals surface area contributed by atoms with Gasteiger partial charge in [0.1, 0.15) is 5.60 Å². The Morgan fingerprint density at radius 1 is 1.20 bits per heavy atom. The van der Waals surface area contributed by atoms with Crippen LogP contribution in [-0.2, 0) is 4.74 Å². The molecule has 1 amide bonds. The minimum Gasteiger partial charge on any atom is -0.444 e. The second-order valence-corrected chi connectivity index (χ2v) is 7.49. The molecule has 118 valence electrons. The Morgan fingerprint density at radius 3 is 2.35 bits per heavy atom. The minimum atomic E-state index is -0.434. The predicted molar refractivity (Wildman–Crippen MR) is 82.8 cm³/mol. The van der Waals surface area contributed by atoms with E-state index in [2.05, 4.69) is 31.4 Å². The van der Waals surface area contributed by atoms with Crippen LogP contribution in [0.2, 0.25) is 0 Å². The lowest BCUT2D eigenvalue weighted by molar-refractivity contribution is 0.0496. The van der Waals surface area contributed by atoms with Crippen LogP contribution in [0.4, 0.5) is 4.79 Å². The Labute approximate surface area is 124 Å². The van der Waals surface area contributed by atoms with Crippen LogP contribution in [0.1, 0.15) is 67.2 Å². The summed E-state index contributed by atoms with van der Waals surface area (Å²) in [5.41, 5.74) is -0.434. The van der Waals surface area contributed by atoms with Crippen LogP contribution in [-0.4, -0.2) is 29.8 Å². The van der Waals surface area contributed by atoms with E-state index in [1.807, 2.05) is 20.8 Å². The second-order valence-electron chi connectivity index (χ2n) is 7.49. The van der Waals surface area contributed by atoms with E-state index in [0.717, 1.165) is 25.7 Å². The SMILES string of the molecule is CC(C)CC(C)NC1CCCC1NC(=O)OC(C)(C)C. The number of carbonyl (C=O) groups is 1. The van der Waals surface area contributed by atoms with Gasteiger partial charge >= 0.3 is 6.09 Å². The van der Waals surface area contributed by atoms with Gasteiger partial charge in [-0.3, -0.25) is 0 Å². The first-order valence-electron chi connectivity index (χ1n) is 7.93. The molecule has 3 atom stereocenters. The van der Waals surface area contributed by atoms with Crippen LogP contribution in [0, 0.1) is 5.92 Å². The van der Waals surface area contributed by atoms with Crippen molar-refractivity contribution in [2.75, 3.05) is 0 Å². The fraction of sp³-hybridized carbons (Fsp3) is 0.938. The first-order chi connectivity index (χ1) is 9.17. The summed E-state index contributed by atoms with van der Waals surface area (Å²) in [6.45, 7) is 12.4. The lowest BCUT2D eigenvalue weighted by atomic mass is 10.0. The molecule has 3 unspecified atom stereocenters. The van der Waals surface area contributed by atoms with Gasteiger partial charge in [-0.1, -0.05) is 13.8 Å². The molecule has 0 spiro atoms. The van der Waals surface area contributed by atoms with Gasteiger partial charge in [-0.25, -0.2) is 4.79 Å². The topological polar surface area (TPSA) is 50.4 Å². The van der Waals surface area contributed by atoms with Crippen LogP contribution in [0.25, 0.3) is 0 Å². The zero-order chi connectivity index (χ0) is 15.3. The lowest BCUT2D eigenvalue weighted by Crippen LogP contribution is -2.50. The maximum absolute atomic E-state index is 11.9. The van der Waals surface area contributed by atoms with Crippen LogP contribution in [0.15, 0.2) is 0 Å². The van der Waals surface area contributed by atoms with Crippen molar-refractivity contribution in [1.29, 1.82) is 0 Å². The number of amides is 1. The molecule has 1 fully saturated rings. The largest absolute Gasteiger partial charge is 0.444 e. The van der Waals surface area contributed by atoms with Crippen molar-refractivity contribution in [1.82, 2.24) is 10.6 Å². The van der Waals surface area contributed by atoms with Crippen LogP contribution >= 0.6 is 0 Å². The van der Waals surface area contributed by atoms with E-state index in [4.69, 9.17) is 4.74 Å². The number of hydrogen-bond donors (Lipinski definition) is 2. The van der Waals surface area contributed by atoms with E-state index in [-0.39, 0.29) is 12.1 Å². The van der Waals surface area contributed by atoms with Gasteiger partial charge in [0.2, 0.25) is 0 Å². The number of hydrogen-bond acceptors (Lipinski definition) is 3. The predicted octanol–water partition coefficient (Wildman–Crippen LogP) is 3.46. The summed E-state index contributed by atoms with van der Waals surface area (Å²) in [6.07, 6.45) is 4.18. The molecule has 0 aromatic heterocycles. The van der Waals surface area contributed by atoms with E-state index in [9.17, 15) is 4.79 Å². The third-order valence-corrected chi connectivity index (χ3v) is 3.54. The number of carbonyl (C=O) groups excluding carboxylic acids is 1. The fourth-order valence-electron chi connectivity index (χ4n) is 2.93. The van der Waals surface area contributed by atoms with E-state index >= 15 is 0 Å². The summed E-state index contributed by atoms with van der Waals surface area (Å²) < 4.78 is 5.34. The Morgan fingerprint density at radius 2 is 1.80 bits per heavy atom. The van der Waals surface area contributed by atoms with Crippen LogP contribution < -0.4 is 10.6 Å². The Kier molecular flexibility index (Phi) is 6.31. The molecular weight excluding hydrogens is 252 g/mol. The smallest absolute Gasteiger partial charge is 0.407 e. The molecule has 1 aliphatic rings. The number of nitrogens with one attached hydrogen (secondary N) is 2. The third kappa shape index (κ3) is 6.60. The minimum absolute atomic E-state index is 0.194. The quantitative estimate of drug-likeness (QED) is 0.813. The summed E-state index contributed by atoms with van der Waals surface area (Å²) in [5, 5.41) is 6.68. The summed E-state index contributed by atoms with van der Waals surface area (Å²) in [6, 6.07) is 1.05. The Hall–Kier alpha value is -0.770. The first-order valence-corrected chi connectivity index (χ1v) is 7.93. The first kappa shape index (κ1) is 17.3. The van der Waals surface area contributed by atoms with Gasteiger partial charge in [-0.2, -0.15) is 0 Å². The van der Waals surface area contributed by atoms with E-state index in [0.29, 0.717) is 18.0 Å². The van der Waals surface area contributed by atoms with Crippen molar-refractivity contribution >= 4 is 6.09 Å². The molecule has 0 saturated heterocycles. The molecule has 0 bridgehead atoms. The molecule has 0 aromatic carbocycles. The lowest BCUT2D eigenvalue weighted by Gasteiger charge is -2.28. The van der Waals surface area contributed by atoms with Crippen LogP contribution in [0.3, 0.4) is 0 Å². The average molecular weight is 284 g/mol. The van der Waals surface area contributed by atoms with Gasteiger partial charge in [0.15, 0.2) is 0 Å². The molecule has 2 N–H and O–H groups in total. The molecule has 1 saturated carbocycles. The maximum atomic E-state index is 11.9. The van der Waals surface area contributed by atoms with Gasteiger partial charge < -0.3 is 15.4 Å². The van der Waals surface area contributed by atoms with Crippen molar-refractivity contribution in [2.24, 2.45) is 5.92 Å². The highest BCUT2D eigenvalue weighted by Gasteiger charge is 2.30. The summed E-state index contributed by atoms with van der Waals surface area (Å²) >= 11 is 0. The normalized spacial score (nSPS) is 24.8. The molecule has 20 heavy (non-hydrogen) atoms. The highest BCUT2D eigenvalue weighted by atomic mass is 16.6. The number of alkyl carbamates (subject to hydrolysis) is 1. The highest BCUT2D eigenvalue weighted by molar-refractivity contribution is 5.68. The maximum Gasteiger partial charge on any atom is 0.407 e. The monoisotopic (exact) mass is 284 g/mol. The Balaban J connectivity index is 2.43. The molecule has 0 aliphatic heterocycles. The van der Waals surface area contributed by atoms with Gasteiger partial charge in [0.25, 0.3) is 0 Å². The molecule has 1 aliphatic carbocycles. The van der Waals surface area contributed by atoms with Crippen molar-refractivity contribution in [3.8, 4) is 0 Å². The van der Waals surface area contributed by atoms with E-state index < -0.39 is 5.60 Å². The van der Waals surface area contributed by atoms with Crippen molar-refractivity contribution in [3.63, 3.8) is 0 Å². The molecule has 0 radical (unpaired) electrons. The van der Waals surface area contributed by atoms with Crippen LogP contribution in [0.5, 0.6) is 0 Å². The number of rotatable bonds is 5. The third-order valence-electron chi connectivity index (χ3n) is 3.54. The van der Waals surface area contributed by atoms with Crippen molar-refractivity contribution in [3.05, 3.63) is 0 Å². The van der Waals surface area contributed by atoms with E-state index in [1.54, 1.807) is 0 Å². The average Bonchev–Trinajstić information content (AvgIpc) is 2.60. The zero-order valence-electron chi connectivity index (χ0n) is 14.0. The van der Waals surface area contributed by atoms with Crippen molar-refractivity contribution < 1.29 is 9.53 Å². The van der Waals surface area contributed by atoms with Gasteiger partial charge in [0.05, 0.1) is 0 Å². The van der Waals surface area contributed by atoms with Crippen molar-refractivity contribution in [2.45, 2.75) is 91.0 Å². The Bertz CT molecular complexity index is 310. The summed E-state index contributed by atoms with van der Waals surface area (Å²) in [4.78, 5) is 11.9. The molecular formula is C16H32N2O2. The molecule has 0 aromatic rings. The number of ether oxygens (including phenoxy) is 1. The molecule has 4 nitrogen and oxygen atoms in total. The van der Waals surface area contributed by atoms with Gasteiger partial charge in [0, 0.05) is 18.1 Å². The van der Waals surface area contributed by atoms with Gasteiger partial charge in [-0.15, -0.1) is 0 Å². The zero-order valence-corrected chi connectivity index (χ0v) is 14.0. The summed E-state index contributed by atoms with van der Waals surface area (Å²) in [7, 11) is 0. The molecule has 4 heteroatoms.